The molecule has 3 N–H and O–H groups in total. The van der Waals surface area contributed by atoms with Crippen LogP contribution < -0.4 is 11.1 Å². The first-order valence-electron chi connectivity index (χ1n) is 7.86. The van der Waals surface area contributed by atoms with Gasteiger partial charge in [0.25, 0.3) is 0 Å². The molecule has 5 nitrogen and oxygen atoms in total. The van der Waals surface area contributed by atoms with E-state index in [1.807, 2.05) is 43.0 Å². The molecule has 0 aromatic heterocycles. The van der Waals surface area contributed by atoms with E-state index in [2.05, 4.69) is 5.32 Å². The van der Waals surface area contributed by atoms with Crippen molar-refractivity contribution in [1.29, 1.82) is 0 Å². The van der Waals surface area contributed by atoms with Crippen LogP contribution in [0.3, 0.4) is 0 Å². The van der Waals surface area contributed by atoms with E-state index in [-0.39, 0.29) is 36.2 Å². The summed E-state index contributed by atoms with van der Waals surface area (Å²) in [6, 6.07) is 7.84. The molecule has 128 valence electrons. The normalized spacial score (nSPS) is 16.7. The van der Waals surface area contributed by atoms with Crippen molar-refractivity contribution in [2.45, 2.75) is 45.8 Å². The summed E-state index contributed by atoms with van der Waals surface area (Å²) in [5.74, 6) is -0.00927. The number of hydrogen-bond acceptors (Lipinski definition) is 3. The van der Waals surface area contributed by atoms with Gasteiger partial charge in [0, 0.05) is 38.0 Å². The number of benzene rings is 1. The lowest BCUT2D eigenvalue weighted by Crippen LogP contribution is -2.38. The fourth-order valence-electron chi connectivity index (χ4n) is 2.52. The minimum Gasteiger partial charge on any atom is -0.352 e. The standard InChI is InChI=1S/C17H25N3O2.ClH/c1-12(13(2)18)17(22)19-10-14-5-3-6-15(9-14)11-20-8-4-7-16(20)21;/h3,5-6,9,12-13H,4,7-8,10-11,18H2,1-2H3,(H,19,22);1H. The first kappa shape index (κ1) is 19.5. The van der Waals surface area contributed by atoms with E-state index in [4.69, 9.17) is 5.73 Å². The maximum absolute atomic E-state index is 11.9. The van der Waals surface area contributed by atoms with Crippen LogP contribution in [-0.2, 0) is 22.7 Å². The number of amides is 2. The summed E-state index contributed by atoms with van der Waals surface area (Å²) in [6.07, 6.45) is 1.61. The smallest absolute Gasteiger partial charge is 0.224 e. The van der Waals surface area contributed by atoms with Crippen molar-refractivity contribution in [2.24, 2.45) is 11.7 Å². The van der Waals surface area contributed by atoms with Crippen LogP contribution in [0.1, 0.15) is 37.8 Å². The highest BCUT2D eigenvalue weighted by Gasteiger charge is 2.20. The molecular weight excluding hydrogens is 314 g/mol. The van der Waals surface area contributed by atoms with Gasteiger partial charge < -0.3 is 16.0 Å². The number of rotatable bonds is 6. The van der Waals surface area contributed by atoms with E-state index < -0.39 is 0 Å². The van der Waals surface area contributed by atoms with Crippen LogP contribution in [0.25, 0.3) is 0 Å². The van der Waals surface area contributed by atoms with Gasteiger partial charge in [-0.15, -0.1) is 12.4 Å². The Morgan fingerprint density at radius 2 is 2.04 bits per heavy atom. The van der Waals surface area contributed by atoms with Gasteiger partial charge in [0.2, 0.25) is 11.8 Å². The highest BCUT2D eigenvalue weighted by Crippen LogP contribution is 2.15. The molecular formula is C17H26ClN3O2. The van der Waals surface area contributed by atoms with E-state index in [1.54, 1.807) is 0 Å². The summed E-state index contributed by atoms with van der Waals surface area (Å²) >= 11 is 0. The molecule has 1 aromatic rings. The molecule has 0 aliphatic carbocycles. The lowest BCUT2D eigenvalue weighted by Gasteiger charge is -2.17. The molecule has 2 unspecified atom stereocenters. The predicted molar refractivity (Wildman–Crippen MR) is 93.0 cm³/mol. The molecule has 1 fully saturated rings. The van der Waals surface area contributed by atoms with E-state index in [1.165, 1.54) is 0 Å². The SMILES string of the molecule is CC(N)C(C)C(=O)NCc1cccc(CN2CCCC2=O)c1.Cl. The van der Waals surface area contributed by atoms with Crippen molar-refractivity contribution in [2.75, 3.05) is 6.54 Å². The second-order valence-electron chi connectivity index (χ2n) is 6.10. The number of hydrogen-bond donors (Lipinski definition) is 2. The van der Waals surface area contributed by atoms with Crippen molar-refractivity contribution in [3.05, 3.63) is 35.4 Å². The first-order valence-corrected chi connectivity index (χ1v) is 7.86. The Balaban J connectivity index is 0.00000264. The third-order valence-electron chi connectivity index (χ3n) is 4.21. The second kappa shape index (κ2) is 8.89. The molecule has 1 aliphatic heterocycles. The maximum atomic E-state index is 11.9. The molecule has 1 heterocycles. The average molecular weight is 340 g/mol. The molecule has 0 bridgehead atoms. The summed E-state index contributed by atoms with van der Waals surface area (Å²) in [4.78, 5) is 25.5. The Morgan fingerprint density at radius 3 is 2.65 bits per heavy atom. The van der Waals surface area contributed by atoms with E-state index >= 15 is 0 Å². The highest BCUT2D eigenvalue weighted by molar-refractivity contribution is 5.85. The Hall–Kier alpha value is -1.59. The monoisotopic (exact) mass is 339 g/mol. The van der Waals surface area contributed by atoms with Gasteiger partial charge in [0.15, 0.2) is 0 Å². The van der Waals surface area contributed by atoms with Crippen molar-refractivity contribution >= 4 is 24.2 Å². The molecule has 1 saturated heterocycles. The molecule has 0 spiro atoms. The molecule has 2 rings (SSSR count). The van der Waals surface area contributed by atoms with Crippen LogP contribution in [0, 0.1) is 5.92 Å². The average Bonchev–Trinajstić information content (AvgIpc) is 2.89. The number of carbonyl (C=O) groups excluding carboxylic acids is 2. The molecule has 0 saturated carbocycles. The number of likely N-dealkylation sites (tertiary alicyclic amines) is 1. The fraction of sp³-hybridized carbons (Fsp3) is 0.529. The molecule has 1 aliphatic rings. The van der Waals surface area contributed by atoms with Gasteiger partial charge in [-0.3, -0.25) is 9.59 Å². The zero-order valence-electron chi connectivity index (χ0n) is 13.7. The van der Waals surface area contributed by atoms with Crippen LogP contribution in [0.5, 0.6) is 0 Å². The molecule has 2 amide bonds. The second-order valence-corrected chi connectivity index (χ2v) is 6.10. The van der Waals surface area contributed by atoms with Gasteiger partial charge in [-0.1, -0.05) is 31.2 Å². The Labute approximate surface area is 144 Å². The molecule has 2 atom stereocenters. The zero-order valence-corrected chi connectivity index (χ0v) is 14.6. The van der Waals surface area contributed by atoms with Gasteiger partial charge in [0.1, 0.15) is 0 Å². The minimum atomic E-state index is -0.203. The van der Waals surface area contributed by atoms with Gasteiger partial charge in [-0.2, -0.15) is 0 Å². The Bertz CT molecular complexity index is 548. The third-order valence-corrected chi connectivity index (χ3v) is 4.21. The summed E-state index contributed by atoms with van der Waals surface area (Å²) in [7, 11) is 0. The minimum absolute atomic E-state index is 0. The Morgan fingerprint density at radius 1 is 1.35 bits per heavy atom. The number of nitrogens with zero attached hydrogens (tertiary/aromatic N) is 1. The first-order chi connectivity index (χ1) is 10.5. The Kier molecular flexibility index (Phi) is 7.52. The van der Waals surface area contributed by atoms with Crippen LogP contribution in [0.4, 0.5) is 0 Å². The molecule has 23 heavy (non-hydrogen) atoms. The van der Waals surface area contributed by atoms with E-state index in [9.17, 15) is 9.59 Å². The van der Waals surface area contributed by atoms with Gasteiger partial charge in [-0.25, -0.2) is 0 Å². The third kappa shape index (κ3) is 5.52. The van der Waals surface area contributed by atoms with E-state index in [0.29, 0.717) is 19.5 Å². The fourth-order valence-corrected chi connectivity index (χ4v) is 2.52. The molecule has 1 aromatic carbocycles. The van der Waals surface area contributed by atoms with Crippen molar-refractivity contribution in [3.8, 4) is 0 Å². The molecule has 0 radical (unpaired) electrons. The largest absolute Gasteiger partial charge is 0.352 e. The van der Waals surface area contributed by atoms with Gasteiger partial charge >= 0.3 is 0 Å². The van der Waals surface area contributed by atoms with Crippen LogP contribution in [0.15, 0.2) is 24.3 Å². The van der Waals surface area contributed by atoms with Gasteiger partial charge in [-0.05, 0) is 24.5 Å². The molecule has 6 heteroatoms. The van der Waals surface area contributed by atoms with Crippen LogP contribution in [0.2, 0.25) is 0 Å². The number of carbonyl (C=O) groups is 2. The summed E-state index contributed by atoms with van der Waals surface area (Å²) in [6.45, 7) is 5.63. The summed E-state index contributed by atoms with van der Waals surface area (Å²) in [5.41, 5.74) is 7.87. The lowest BCUT2D eigenvalue weighted by atomic mass is 10.0. The van der Waals surface area contributed by atoms with Crippen molar-refractivity contribution in [1.82, 2.24) is 10.2 Å². The topological polar surface area (TPSA) is 75.4 Å². The van der Waals surface area contributed by atoms with Crippen LogP contribution >= 0.6 is 12.4 Å². The predicted octanol–water partition coefficient (Wildman–Crippen LogP) is 1.83. The van der Waals surface area contributed by atoms with E-state index in [0.717, 1.165) is 24.1 Å². The number of nitrogens with one attached hydrogen (secondary N) is 1. The van der Waals surface area contributed by atoms with Gasteiger partial charge in [0.05, 0.1) is 0 Å². The summed E-state index contributed by atoms with van der Waals surface area (Å²) < 4.78 is 0. The van der Waals surface area contributed by atoms with Crippen molar-refractivity contribution < 1.29 is 9.59 Å². The van der Waals surface area contributed by atoms with Crippen molar-refractivity contribution in [3.63, 3.8) is 0 Å². The highest BCUT2D eigenvalue weighted by atomic mass is 35.5. The number of nitrogens with two attached hydrogens (primary N) is 1. The summed E-state index contributed by atoms with van der Waals surface area (Å²) in [5, 5.41) is 2.91. The maximum Gasteiger partial charge on any atom is 0.224 e. The zero-order chi connectivity index (χ0) is 16.1. The van der Waals surface area contributed by atoms with Crippen LogP contribution in [-0.4, -0.2) is 29.3 Å². The number of halogens is 1. The lowest BCUT2D eigenvalue weighted by molar-refractivity contribution is -0.128. The quantitative estimate of drug-likeness (QED) is 0.830.